The second-order valence-electron chi connectivity index (χ2n) is 5.44. The molecule has 7 heteroatoms. The summed E-state index contributed by atoms with van der Waals surface area (Å²) >= 11 is 0. The van der Waals surface area contributed by atoms with Crippen molar-refractivity contribution < 1.29 is 13.2 Å². The maximum absolute atomic E-state index is 12.6. The average molecular weight is 301 g/mol. The Morgan fingerprint density at radius 3 is 2.95 bits per heavy atom. The average Bonchev–Trinajstić information content (AvgIpc) is 2.86. The van der Waals surface area contributed by atoms with Crippen LogP contribution in [0.5, 0.6) is 0 Å². The van der Waals surface area contributed by atoms with E-state index in [1.807, 2.05) is 6.92 Å². The topological polar surface area (TPSA) is 74.4 Å². The zero-order chi connectivity index (χ0) is 14.8. The van der Waals surface area contributed by atoms with Crippen LogP contribution in [0.25, 0.3) is 0 Å². The number of morpholine rings is 1. The number of nitrogens with zero attached hydrogens (tertiary/aromatic N) is 1. The lowest BCUT2D eigenvalue weighted by Crippen LogP contribution is -2.46. The molecule has 0 amide bonds. The predicted octanol–water partition coefficient (Wildman–Crippen LogP) is 0.922. The van der Waals surface area contributed by atoms with Gasteiger partial charge >= 0.3 is 0 Å². The summed E-state index contributed by atoms with van der Waals surface area (Å²) in [5.74, 6) is 0. The summed E-state index contributed by atoms with van der Waals surface area (Å²) in [6.45, 7) is 7.91. The van der Waals surface area contributed by atoms with Crippen molar-refractivity contribution in [3.05, 3.63) is 18.0 Å². The van der Waals surface area contributed by atoms with Crippen LogP contribution in [-0.2, 0) is 21.3 Å². The number of H-pyrrole nitrogens is 1. The Hall–Kier alpha value is -0.890. The molecule has 1 unspecified atom stereocenters. The fourth-order valence-electron chi connectivity index (χ4n) is 2.19. The number of hydrogen-bond donors (Lipinski definition) is 2. The van der Waals surface area contributed by atoms with Crippen LogP contribution in [0.1, 0.15) is 26.5 Å². The van der Waals surface area contributed by atoms with Gasteiger partial charge in [-0.3, -0.25) is 0 Å². The van der Waals surface area contributed by atoms with E-state index in [0.717, 1.165) is 5.69 Å². The van der Waals surface area contributed by atoms with Crippen molar-refractivity contribution >= 4 is 10.0 Å². The SMILES string of the molecule is CC(C)NCc1cc(S(=O)(=O)N2CCOCC2C)c[nH]1. The molecule has 2 N–H and O–H groups in total. The van der Waals surface area contributed by atoms with E-state index in [4.69, 9.17) is 4.74 Å². The second-order valence-corrected chi connectivity index (χ2v) is 7.33. The van der Waals surface area contributed by atoms with Crippen LogP contribution in [-0.4, -0.2) is 49.5 Å². The molecule has 6 nitrogen and oxygen atoms in total. The molecule has 0 saturated carbocycles. The van der Waals surface area contributed by atoms with Gasteiger partial charge in [-0.05, 0) is 13.0 Å². The Labute approximate surface area is 120 Å². The molecular formula is C13H23N3O3S. The highest BCUT2D eigenvalue weighted by atomic mass is 32.2. The molecule has 2 heterocycles. The van der Waals surface area contributed by atoms with Gasteiger partial charge in [0.05, 0.1) is 18.1 Å². The Kier molecular flexibility index (Phi) is 4.85. The van der Waals surface area contributed by atoms with Crippen molar-refractivity contribution in [1.82, 2.24) is 14.6 Å². The smallest absolute Gasteiger partial charge is 0.244 e. The highest BCUT2D eigenvalue weighted by Crippen LogP contribution is 2.21. The zero-order valence-electron chi connectivity index (χ0n) is 12.2. The Bertz CT molecular complexity index is 539. The Morgan fingerprint density at radius 2 is 2.30 bits per heavy atom. The molecule has 0 radical (unpaired) electrons. The van der Waals surface area contributed by atoms with Crippen LogP contribution in [0.15, 0.2) is 17.2 Å². The Balaban J connectivity index is 2.13. The Morgan fingerprint density at radius 1 is 1.55 bits per heavy atom. The molecule has 1 aromatic rings. The molecule has 1 aromatic heterocycles. The van der Waals surface area contributed by atoms with Gasteiger partial charge in [0.2, 0.25) is 10.0 Å². The molecular weight excluding hydrogens is 278 g/mol. The standard InChI is InChI=1S/C13H23N3O3S/c1-10(2)14-7-12-6-13(8-15-12)20(17,18)16-4-5-19-9-11(16)3/h6,8,10-11,14-15H,4-5,7,9H2,1-3H3. The van der Waals surface area contributed by atoms with Crippen LogP contribution in [0.3, 0.4) is 0 Å². The monoisotopic (exact) mass is 301 g/mol. The van der Waals surface area contributed by atoms with Crippen molar-refractivity contribution in [2.24, 2.45) is 0 Å². The molecule has 114 valence electrons. The zero-order valence-corrected chi connectivity index (χ0v) is 13.0. The minimum atomic E-state index is -3.43. The lowest BCUT2D eigenvalue weighted by Gasteiger charge is -2.31. The fourth-order valence-corrected chi connectivity index (χ4v) is 3.81. The first kappa shape index (κ1) is 15.5. The highest BCUT2D eigenvalue weighted by molar-refractivity contribution is 7.89. The van der Waals surface area contributed by atoms with Crippen molar-refractivity contribution in [1.29, 1.82) is 0 Å². The molecule has 1 fully saturated rings. The lowest BCUT2D eigenvalue weighted by molar-refractivity contribution is 0.0393. The quantitative estimate of drug-likeness (QED) is 0.848. The van der Waals surface area contributed by atoms with Gasteiger partial charge in [-0.25, -0.2) is 8.42 Å². The summed E-state index contributed by atoms with van der Waals surface area (Å²) < 4.78 is 32.0. The first-order chi connectivity index (χ1) is 9.41. The third kappa shape index (κ3) is 3.41. The van der Waals surface area contributed by atoms with Gasteiger partial charge < -0.3 is 15.0 Å². The van der Waals surface area contributed by atoms with Gasteiger partial charge in [0.25, 0.3) is 0 Å². The van der Waals surface area contributed by atoms with E-state index in [0.29, 0.717) is 37.2 Å². The molecule has 0 spiro atoms. The summed E-state index contributed by atoms with van der Waals surface area (Å²) in [6.07, 6.45) is 1.56. The maximum Gasteiger partial charge on any atom is 0.244 e. The first-order valence-electron chi connectivity index (χ1n) is 6.91. The number of aromatic nitrogens is 1. The number of rotatable bonds is 5. The summed E-state index contributed by atoms with van der Waals surface area (Å²) in [7, 11) is -3.43. The van der Waals surface area contributed by atoms with Crippen molar-refractivity contribution in [3.63, 3.8) is 0 Å². The largest absolute Gasteiger partial charge is 0.378 e. The minimum Gasteiger partial charge on any atom is -0.378 e. The van der Waals surface area contributed by atoms with E-state index >= 15 is 0 Å². The van der Waals surface area contributed by atoms with Crippen molar-refractivity contribution in [3.8, 4) is 0 Å². The van der Waals surface area contributed by atoms with Crippen LogP contribution in [0.2, 0.25) is 0 Å². The van der Waals surface area contributed by atoms with Gasteiger partial charge in [-0.15, -0.1) is 0 Å². The summed E-state index contributed by atoms with van der Waals surface area (Å²) in [5.41, 5.74) is 0.873. The number of sulfonamides is 1. The molecule has 1 aliphatic heterocycles. The molecule has 1 atom stereocenters. The fraction of sp³-hybridized carbons (Fsp3) is 0.692. The molecule has 0 bridgehead atoms. The minimum absolute atomic E-state index is 0.124. The van der Waals surface area contributed by atoms with Crippen LogP contribution in [0, 0.1) is 0 Å². The van der Waals surface area contributed by atoms with E-state index in [-0.39, 0.29) is 6.04 Å². The van der Waals surface area contributed by atoms with E-state index < -0.39 is 10.0 Å². The molecule has 0 aromatic carbocycles. The molecule has 0 aliphatic carbocycles. The predicted molar refractivity (Wildman–Crippen MR) is 76.9 cm³/mol. The molecule has 1 aliphatic rings. The van der Waals surface area contributed by atoms with Gasteiger partial charge in [-0.1, -0.05) is 13.8 Å². The third-order valence-electron chi connectivity index (χ3n) is 3.33. The summed E-state index contributed by atoms with van der Waals surface area (Å²) in [5, 5.41) is 3.26. The number of hydrogen-bond acceptors (Lipinski definition) is 4. The lowest BCUT2D eigenvalue weighted by atomic mass is 10.3. The van der Waals surface area contributed by atoms with Gasteiger partial charge in [0.15, 0.2) is 0 Å². The van der Waals surface area contributed by atoms with Crippen molar-refractivity contribution in [2.75, 3.05) is 19.8 Å². The van der Waals surface area contributed by atoms with E-state index in [1.165, 1.54) is 4.31 Å². The normalized spacial score (nSPS) is 21.5. The number of ether oxygens (including phenoxy) is 1. The third-order valence-corrected chi connectivity index (χ3v) is 5.32. The number of aromatic amines is 1. The molecule has 2 rings (SSSR count). The van der Waals surface area contributed by atoms with Crippen LogP contribution in [0.4, 0.5) is 0 Å². The van der Waals surface area contributed by atoms with E-state index in [9.17, 15) is 8.42 Å². The summed E-state index contributed by atoms with van der Waals surface area (Å²) in [4.78, 5) is 3.35. The highest BCUT2D eigenvalue weighted by Gasteiger charge is 2.32. The molecule has 1 saturated heterocycles. The van der Waals surface area contributed by atoms with Crippen molar-refractivity contribution in [2.45, 2.75) is 44.3 Å². The van der Waals surface area contributed by atoms with Gasteiger partial charge in [-0.2, -0.15) is 4.31 Å². The maximum atomic E-state index is 12.6. The van der Waals surface area contributed by atoms with Gasteiger partial charge in [0, 0.05) is 37.1 Å². The van der Waals surface area contributed by atoms with Crippen LogP contribution >= 0.6 is 0 Å². The van der Waals surface area contributed by atoms with Gasteiger partial charge in [0.1, 0.15) is 0 Å². The first-order valence-corrected chi connectivity index (χ1v) is 8.35. The molecule has 20 heavy (non-hydrogen) atoms. The van der Waals surface area contributed by atoms with Crippen LogP contribution < -0.4 is 5.32 Å². The summed E-state index contributed by atoms with van der Waals surface area (Å²) in [6, 6.07) is 1.94. The number of nitrogens with one attached hydrogen (secondary N) is 2. The van der Waals surface area contributed by atoms with E-state index in [1.54, 1.807) is 12.3 Å². The van der Waals surface area contributed by atoms with E-state index in [2.05, 4.69) is 24.1 Å². The second kappa shape index (κ2) is 6.26.